The summed E-state index contributed by atoms with van der Waals surface area (Å²) in [6, 6.07) is 5.19. The van der Waals surface area contributed by atoms with E-state index < -0.39 is 0 Å². The summed E-state index contributed by atoms with van der Waals surface area (Å²) in [6.07, 6.45) is 0. The third kappa shape index (κ3) is 2.73. The molecular weight excluding hydrogens is 262 g/mol. The molecule has 2 aromatic rings. The highest BCUT2D eigenvalue weighted by Gasteiger charge is 2.18. The van der Waals surface area contributed by atoms with Gasteiger partial charge in [-0.2, -0.15) is 0 Å². The number of nitrogens with zero attached hydrogens (tertiary/aromatic N) is 1. The molecule has 0 radical (unpaired) electrons. The van der Waals surface area contributed by atoms with E-state index in [1.54, 1.807) is 25.1 Å². The van der Waals surface area contributed by atoms with Crippen LogP contribution in [0.15, 0.2) is 27.8 Å². The zero-order chi connectivity index (χ0) is 12.4. The van der Waals surface area contributed by atoms with Crippen LogP contribution in [0.4, 0.5) is 0 Å². The van der Waals surface area contributed by atoms with Gasteiger partial charge in [-0.15, -0.1) is 0 Å². The van der Waals surface area contributed by atoms with Crippen LogP contribution in [0.3, 0.4) is 0 Å². The summed E-state index contributed by atoms with van der Waals surface area (Å²) in [5.41, 5.74) is 1.33. The lowest BCUT2D eigenvalue weighted by atomic mass is 10.3. The van der Waals surface area contributed by atoms with Gasteiger partial charge in [0.1, 0.15) is 10.8 Å². The quantitative estimate of drug-likeness (QED) is 0.634. The van der Waals surface area contributed by atoms with Crippen molar-refractivity contribution in [1.29, 1.82) is 0 Å². The standard InChI is InChI=1S/C11H10ClNO3S/c1-6(10(14)15-2)17-11-13-8-5-7(12)3-4-9(8)16-11/h3-6H,1-2H3. The molecule has 0 aliphatic carbocycles. The lowest BCUT2D eigenvalue weighted by Crippen LogP contribution is -2.14. The lowest BCUT2D eigenvalue weighted by molar-refractivity contribution is -0.139. The number of methoxy groups -OCH3 is 1. The number of hydrogen-bond donors (Lipinski definition) is 0. The molecule has 1 heterocycles. The largest absolute Gasteiger partial charge is 0.468 e. The molecule has 4 nitrogen and oxygen atoms in total. The van der Waals surface area contributed by atoms with E-state index in [9.17, 15) is 4.79 Å². The fourth-order valence-corrected chi connectivity index (χ4v) is 2.25. The number of oxazole rings is 1. The van der Waals surface area contributed by atoms with Crippen molar-refractivity contribution in [1.82, 2.24) is 4.98 Å². The van der Waals surface area contributed by atoms with E-state index in [1.165, 1.54) is 18.9 Å². The normalized spacial score (nSPS) is 12.6. The molecule has 90 valence electrons. The molecule has 1 atom stereocenters. The first-order chi connectivity index (χ1) is 8.10. The van der Waals surface area contributed by atoms with Crippen LogP contribution in [-0.4, -0.2) is 23.3 Å². The van der Waals surface area contributed by atoms with Crippen LogP contribution in [-0.2, 0) is 9.53 Å². The molecule has 2 rings (SSSR count). The number of esters is 1. The summed E-state index contributed by atoms with van der Waals surface area (Å²) in [5.74, 6) is -0.310. The van der Waals surface area contributed by atoms with Gasteiger partial charge in [0, 0.05) is 5.02 Å². The average molecular weight is 272 g/mol. The number of carbonyl (C=O) groups excluding carboxylic acids is 1. The molecule has 0 N–H and O–H groups in total. The average Bonchev–Trinajstić information content (AvgIpc) is 2.69. The van der Waals surface area contributed by atoms with Crippen molar-refractivity contribution in [2.45, 2.75) is 17.4 Å². The fourth-order valence-electron chi connectivity index (χ4n) is 1.30. The van der Waals surface area contributed by atoms with Crippen LogP contribution in [0.1, 0.15) is 6.92 Å². The van der Waals surface area contributed by atoms with E-state index in [1.807, 2.05) is 0 Å². The van der Waals surface area contributed by atoms with E-state index in [2.05, 4.69) is 9.72 Å². The predicted octanol–water partition coefficient (Wildman–Crippen LogP) is 3.13. The monoisotopic (exact) mass is 271 g/mol. The van der Waals surface area contributed by atoms with E-state index >= 15 is 0 Å². The van der Waals surface area contributed by atoms with Crippen LogP contribution in [0.2, 0.25) is 5.02 Å². The van der Waals surface area contributed by atoms with Gasteiger partial charge in [0.25, 0.3) is 5.22 Å². The van der Waals surface area contributed by atoms with Crippen molar-refractivity contribution >= 4 is 40.4 Å². The zero-order valence-corrected chi connectivity index (χ0v) is 10.8. The van der Waals surface area contributed by atoms with Crippen molar-refractivity contribution < 1.29 is 13.9 Å². The maximum Gasteiger partial charge on any atom is 0.319 e. The topological polar surface area (TPSA) is 52.3 Å². The number of carbonyl (C=O) groups is 1. The number of aromatic nitrogens is 1. The van der Waals surface area contributed by atoms with Crippen molar-refractivity contribution in [2.75, 3.05) is 7.11 Å². The minimum absolute atomic E-state index is 0.310. The van der Waals surface area contributed by atoms with Gasteiger partial charge in [-0.3, -0.25) is 4.79 Å². The molecular formula is C11H10ClNO3S. The first kappa shape index (κ1) is 12.3. The van der Waals surface area contributed by atoms with Crippen LogP contribution < -0.4 is 0 Å². The van der Waals surface area contributed by atoms with E-state index in [-0.39, 0.29) is 11.2 Å². The van der Waals surface area contributed by atoms with Gasteiger partial charge in [-0.1, -0.05) is 23.4 Å². The Morgan fingerprint density at radius 2 is 2.35 bits per heavy atom. The highest BCUT2D eigenvalue weighted by atomic mass is 35.5. The molecule has 1 aromatic carbocycles. The Kier molecular flexibility index (Phi) is 3.59. The second-order valence-electron chi connectivity index (χ2n) is 3.38. The van der Waals surface area contributed by atoms with Crippen molar-refractivity contribution in [2.24, 2.45) is 0 Å². The highest BCUT2D eigenvalue weighted by molar-refractivity contribution is 8.00. The number of ether oxygens (including phenoxy) is 1. The molecule has 0 saturated heterocycles. The van der Waals surface area contributed by atoms with Crippen LogP contribution in [0.5, 0.6) is 0 Å². The molecule has 0 aliphatic rings. The van der Waals surface area contributed by atoms with Gasteiger partial charge in [-0.05, 0) is 25.1 Å². The second kappa shape index (κ2) is 4.98. The maximum atomic E-state index is 11.3. The third-order valence-electron chi connectivity index (χ3n) is 2.14. The van der Waals surface area contributed by atoms with E-state index in [4.69, 9.17) is 16.0 Å². The number of rotatable bonds is 3. The van der Waals surface area contributed by atoms with Crippen molar-refractivity contribution in [3.8, 4) is 0 Å². The number of halogens is 1. The minimum atomic E-state index is -0.358. The van der Waals surface area contributed by atoms with Gasteiger partial charge in [0.2, 0.25) is 0 Å². The molecule has 17 heavy (non-hydrogen) atoms. The van der Waals surface area contributed by atoms with Crippen LogP contribution in [0, 0.1) is 0 Å². The lowest BCUT2D eigenvalue weighted by Gasteiger charge is -2.04. The summed E-state index contributed by atoms with van der Waals surface area (Å²) in [6.45, 7) is 1.73. The van der Waals surface area contributed by atoms with Crippen LogP contribution in [0.25, 0.3) is 11.1 Å². The fraction of sp³-hybridized carbons (Fsp3) is 0.273. The van der Waals surface area contributed by atoms with Gasteiger partial charge >= 0.3 is 5.97 Å². The Morgan fingerprint density at radius 3 is 3.06 bits per heavy atom. The predicted molar refractivity (Wildman–Crippen MR) is 66.4 cm³/mol. The minimum Gasteiger partial charge on any atom is -0.468 e. The molecule has 6 heteroatoms. The Bertz CT molecular complexity index is 555. The number of thioether (sulfide) groups is 1. The van der Waals surface area contributed by atoms with Crippen molar-refractivity contribution in [3.05, 3.63) is 23.2 Å². The number of benzene rings is 1. The second-order valence-corrected chi connectivity index (χ2v) is 5.10. The SMILES string of the molecule is COC(=O)C(C)Sc1nc2cc(Cl)ccc2o1. The van der Waals surface area contributed by atoms with E-state index in [0.29, 0.717) is 21.3 Å². The van der Waals surface area contributed by atoms with Gasteiger partial charge in [-0.25, -0.2) is 4.98 Å². The Balaban J connectivity index is 2.22. The van der Waals surface area contributed by atoms with Gasteiger partial charge < -0.3 is 9.15 Å². The molecule has 0 bridgehead atoms. The molecule has 0 amide bonds. The maximum absolute atomic E-state index is 11.3. The molecule has 0 fully saturated rings. The molecule has 1 unspecified atom stereocenters. The molecule has 0 saturated carbocycles. The van der Waals surface area contributed by atoms with Gasteiger partial charge in [0.05, 0.1) is 7.11 Å². The smallest absolute Gasteiger partial charge is 0.319 e. The zero-order valence-electron chi connectivity index (χ0n) is 9.27. The first-order valence-corrected chi connectivity index (χ1v) is 6.16. The highest BCUT2D eigenvalue weighted by Crippen LogP contribution is 2.28. The Labute approximate surface area is 107 Å². The summed E-state index contributed by atoms with van der Waals surface area (Å²) < 4.78 is 10.1. The molecule has 0 spiro atoms. The van der Waals surface area contributed by atoms with Crippen molar-refractivity contribution in [3.63, 3.8) is 0 Å². The van der Waals surface area contributed by atoms with E-state index in [0.717, 1.165) is 0 Å². The summed E-state index contributed by atoms with van der Waals surface area (Å²) in [4.78, 5) is 15.5. The Hall–Kier alpha value is -1.20. The molecule has 0 aliphatic heterocycles. The number of fused-ring (bicyclic) bond motifs is 1. The number of hydrogen-bond acceptors (Lipinski definition) is 5. The van der Waals surface area contributed by atoms with Gasteiger partial charge in [0.15, 0.2) is 5.58 Å². The summed E-state index contributed by atoms with van der Waals surface area (Å²) >= 11 is 7.06. The van der Waals surface area contributed by atoms with Crippen LogP contribution >= 0.6 is 23.4 Å². The summed E-state index contributed by atoms with van der Waals surface area (Å²) in [7, 11) is 1.35. The third-order valence-corrected chi connectivity index (χ3v) is 3.30. The first-order valence-electron chi connectivity index (χ1n) is 4.90. The molecule has 1 aromatic heterocycles. The Morgan fingerprint density at radius 1 is 1.59 bits per heavy atom. The summed E-state index contributed by atoms with van der Waals surface area (Å²) in [5, 5.41) is 0.673.